The molecule has 1 rings (SSSR count). The van der Waals surface area contributed by atoms with Gasteiger partial charge in [-0.3, -0.25) is 4.79 Å². The molecule has 0 atom stereocenters. The molecule has 0 heterocycles. The van der Waals surface area contributed by atoms with Crippen molar-refractivity contribution in [3.05, 3.63) is 35.9 Å². The number of carbonyl (C=O) groups excluding carboxylic acids is 1. The minimum atomic E-state index is 0.0123. The van der Waals surface area contributed by atoms with Gasteiger partial charge in [-0.2, -0.15) is 0 Å². The predicted octanol–water partition coefficient (Wildman–Crippen LogP) is 2.46. The Bertz CT molecular complexity index is 352. The first-order chi connectivity index (χ1) is 6.70. The molecule has 0 aromatic heterocycles. The molecule has 0 saturated heterocycles. The number of rotatable bonds is 2. The standard InChI is InChI=1S/C13H14O/c1-11(2)13(14)10-6-9-12-7-4-3-5-8-12/h3-5,7-8,11H,9H2,1-2H3. The van der Waals surface area contributed by atoms with E-state index in [0.717, 1.165) is 5.56 Å². The van der Waals surface area contributed by atoms with Crippen LogP contribution in [0.1, 0.15) is 19.4 Å². The van der Waals surface area contributed by atoms with Crippen molar-refractivity contribution in [2.24, 2.45) is 5.92 Å². The summed E-state index contributed by atoms with van der Waals surface area (Å²) < 4.78 is 0. The highest BCUT2D eigenvalue weighted by Crippen LogP contribution is 1.98. The number of carbonyl (C=O) groups is 1. The van der Waals surface area contributed by atoms with Gasteiger partial charge in [0.25, 0.3) is 0 Å². The van der Waals surface area contributed by atoms with E-state index in [1.54, 1.807) is 0 Å². The lowest BCUT2D eigenvalue weighted by Crippen LogP contribution is -2.02. The molecule has 14 heavy (non-hydrogen) atoms. The van der Waals surface area contributed by atoms with Gasteiger partial charge in [0.2, 0.25) is 5.78 Å². The van der Waals surface area contributed by atoms with Gasteiger partial charge in [0.15, 0.2) is 0 Å². The molecule has 0 bridgehead atoms. The Morgan fingerprint density at radius 2 is 1.93 bits per heavy atom. The number of hydrogen-bond acceptors (Lipinski definition) is 1. The van der Waals surface area contributed by atoms with Gasteiger partial charge in [-0.15, -0.1) is 0 Å². The van der Waals surface area contributed by atoms with Crippen LogP contribution in [-0.2, 0) is 11.2 Å². The molecule has 72 valence electrons. The van der Waals surface area contributed by atoms with Crippen molar-refractivity contribution in [1.82, 2.24) is 0 Å². The van der Waals surface area contributed by atoms with E-state index in [0.29, 0.717) is 6.42 Å². The number of Topliss-reactive ketones (excluding diaryl/α,β-unsaturated/α-hetero) is 1. The smallest absolute Gasteiger partial charge is 0.207 e. The molecule has 0 aliphatic carbocycles. The summed E-state index contributed by atoms with van der Waals surface area (Å²) in [5.41, 5.74) is 1.15. The maximum absolute atomic E-state index is 11.2. The van der Waals surface area contributed by atoms with E-state index >= 15 is 0 Å². The molecule has 0 N–H and O–H groups in total. The topological polar surface area (TPSA) is 17.1 Å². The first-order valence-electron chi connectivity index (χ1n) is 4.77. The average Bonchev–Trinajstić information content (AvgIpc) is 2.19. The molecule has 0 spiro atoms. The summed E-state index contributed by atoms with van der Waals surface area (Å²) in [6, 6.07) is 9.93. The molecule has 1 nitrogen and oxygen atoms in total. The second kappa shape index (κ2) is 5.24. The molecule has 0 unspecified atom stereocenters. The summed E-state index contributed by atoms with van der Waals surface area (Å²) in [4.78, 5) is 11.2. The minimum absolute atomic E-state index is 0.0123. The van der Waals surface area contributed by atoms with Crippen LogP contribution in [0.25, 0.3) is 0 Å². The molecule has 0 amide bonds. The average molecular weight is 186 g/mol. The normalized spacial score (nSPS) is 9.36. The summed E-state index contributed by atoms with van der Waals surface area (Å²) in [7, 11) is 0. The van der Waals surface area contributed by atoms with E-state index in [4.69, 9.17) is 0 Å². The zero-order chi connectivity index (χ0) is 10.4. The first kappa shape index (κ1) is 10.5. The SMILES string of the molecule is CC(C)C(=O)C#CCc1ccccc1. The Morgan fingerprint density at radius 1 is 1.29 bits per heavy atom. The number of ketones is 1. The van der Waals surface area contributed by atoms with E-state index < -0.39 is 0 Å². The van der Waals surface area contributed by atoms with Gasteiger partial charge < -0.3 is 0 Å². The van der Waals surface area contributed by atoms with Crippen LogP contribution >= 0.6 is 0 Å². The van der Waals surface area contributed by atoms with Crippen molar-refractivity contribution in [2.75, 3.05) is 0 Å². The minimum Gasteiger partial charge on any atom is -0.285 e. The summed E-state index contributed by atoms with van der Waals surface area (Å²) in [6.07, 6.45) is 0.652. The Morgan fingerprint density at radius 3 is 2.50 bits per heavy atom. The Hall–Kier alpha value is -1.55. The highest BCUT2D eigenvalue weighted by molar-refractivity contribution is 5.96. The zero-order valence-electron chi connectivity index (χ0n) is 8.58. The summed E-state index contributed by atoms with van der Waals surface area (Å²) in [5.74, 6) is 5.55. The van der Waals surface area contributed by atoms with Crippen molar-refractivity contribution in [2.45, 2.75) is 20.3 Å². The van der Waals surface area contributed by atoms with Gasteiger partial charge in [0, 0.05) is 12.3 Å². The van der Waals surface area contributed by atoms with Crippen molar-refractivity contribution in [1.29, 1.82) is 0 Å². The largest absolute Gasteiger partial charge is 0.285 e. The fourth-order valence-corrected chi connectivity index (χ4v) is 0.974. The molecule has 1 aromatic rings. The first-order valence-corrected chi connectivity index (χ1v) is 4.77. The Balaban J connectivity index is 2.52. The number of benzene rings is 1. The summed E-state index contributed by atoms with van der Waals surface area (Å²) in [6.45, 7) is 3.72. The van der Waals surface area contributed by atoms with Crippen LogP contribution in [0.4, 0.5) is 0 Å². The lowest BCUT2D eigenvalue weighted by Gasteiger charge is -1.93. The van der Waals surface area contributed by atoms with Crippen LogP contribution in [0.15, 0.2) is 30.3 Å². The molecule has 0 fully saturated rings. The predicted molar refractivity (Wildman–Crippen MR) is 57.8 cm³/mol. The summed E-state index contributed by atoms with van der Waals surface area (Å²) >= 11 is 0. The van der Waals surface area contributed by atoms with Gasteiger partial charge in [0.1, 0.15) is 0 Å². The van der Waals surface area contributed by atoms with Crippen molar-refractivity contribution >= 4 is 5.78 Å². The maximum atomic E-state index is 11.2. The van der Waals surface area contributed by atoms with Crippen molar-refractivity contribution < 1.29 is 4.79 Å². The van der Waals surface area contributed by atoms with Crippen LogP contribution < -0.4 is 0 Å². The quantitative estimate of drug-likeness (QED) is 0.512. The zero-order valence-corrected chi connectivity index (χ0v) is 8.58. The fourth-order valence-electron chi connectivity index (χ4n) is 0.974. The van der Waals surface area contributed by atoms with Crippen LogP contribution in [-0.4, -0.2) is 5.78 Å². The van der Waals surface area contributed by atoms with E-state index in [9.17, 15) is 4.79 Å². The highest BCUT2D eigenvalue weighted by atomic mass is 16.1. The lowest BCUT2D eigenvalue weighted by molar-refractivity contribution is -0.116. The third-order valence-electron chi connectivity index (χ3n) is 1.87. The molecular formula is C13H14O. The van der Waals surface area contributed by atoms with Crippen LogP contribution in [0.2, 0.25) is 0 Å². The van der Waals surface area contributed by atoms with Gasteiger partial charge >= 0.3 is 0 Å². The van der Waals surface area contributed by atoms with E-state index in [2.05, 4.69) is 11.8 Å². The molecule has 1 heteroatoms. The van der Waals surface area contributed by atoms with E-state index in [-0.39, 0.29) is 11.7 Å². The second-order valence-electron chi connectivity index (χ2n) is 3.48. The molecule has 1 aromatic carbocycles. The van der Waals surface area contributed by atoms with Crippen LogP contribution in [0.3, 0.4) is 0 Å². The van der Waals surface area contributed by atoms with Gasteiger partial charge in [0.05, 0.1) is 0 Å². The Kier molecular flexibility index (Phi) is 3.94. The van der Waals surface area contributed by atoms with Crippen molar-refractivity contribution in [3.8, 4) is 11.8 Å². The molecule has 0 aliphatic heterocycles. The van der Waals surface area contributed by atoms with Crippen LogP contribution in [0.5, 0.6) is 0 Å². The third kappa shape index (κ3) is 3.45. The molecular weight excluding hydrogens is 172 g/mol. The highest BCUT2D eigenvalue weighted by Gasteiger charge is 2.00. The van der Waals surface area contributed by atoms with Gasteiger partial charge in [-0.1, -0.05) is 50.1 Å². The van der Waals surface area contributed by atoms with Crippen molar-refractivity contribution in [3.63, 3.8) is 0 Å². The monoisotopic (exact) mass is 186 g/mol. The van der Waals surface area contributed by atoms with Gasteiger partial charge in [-0.25, -0.2) is 0 Å². The van der Waals surface area contributed by atoms with Gasteiger partial charge in [-0.05, 0) is 11.5 Å². The molecule has 0 aliphatic rings. The third-order valence-corrected chi connectivity index (χ3v) is 1.87. The van der Waals surface area contributed by atoms with E-state index in [1.165, 1.54) is 0 Å². The fraction of sp³-hybridized carbons (Fsp3) is 0.308. The maximum Gasteiger partial charge on any atom is 0.207 e. The lowest BCUT2D eigenvalue weighted by atomic mass is 10.1. The summed E-state index contributed by atoms with van der Waals surface area (Å²) in [5, 5.41) is 0. The Labute approximate surface area is 85.1 Å². The second-order valence-corrected chi connectivity index (χ2v) is 3.48. The molecule has 0 saturated carbocycles. The van der Waals surface area contributed by atoms with E-state index in [1.807, 2.05) is 44.2 Å². The van der Waals surface area contributed by atoms with Crippen LogP contribution in [0, 0.1) is 17.8 Å². The number of hydrogen-bond donors (Lipinski definition) is 0. The molecule has 0 radical (unpaired) electrons.